The third-order valence-corrected chi connectivity index (χ3v) is 1.73. The number of hydrogen-bond donors (Lipinski definition) is 2. The van der Waals surface area contributed by atoms with Gasteiger partial charge in [0.2, 0.25) is 0 Å². The second kappa shape index (κ2) is 3.94. The van der Waals surface area contributed by atoms with Crippen molar-refractivity contribution in [1.29, 1.82) is 5.41 Å². The fourth-order valence-electron chi connectivity index (χ4n) is 1.11. The van der Waals surface area contributed by atoms with Crippen LogP contribution in [0, 0.1) is 12.0 Å². The highest BCUT2D eigenvalue weighted by molar-refractivity contribution is 5.82. The maximum absolute atomic E-state index is 7.47. The van der Waals surface area contributed by atoms with E-state index in [4.69, 9.17) is 12.0 Å². The zero-order valence-electron chi connectivity index (χ0n) is 6.43. The number of nitrogens with one attached hydrogen (secondary N) is 2. The van der Waals surface area contributed by atoms with Crippen molar-refractivity contribution >= 4 is 5.84 Å². The van der Waals surface area contributed by atoms with Gasteiger partial charge in [-0.15, -0.1) is 0 Å². The summed E-state index contributed by atoms with van der Waals surface area (Å²) in [7, 11) is 0. The van der Waals surface area contributed by atoms with E-state index in [1.165, 1.54) is 0 Å². The average molecular weight is 152 g/mol. The monoisotopic (exact) mass is 152 g/mol. The summed E-state index contributed by atoms with van der Waals surface area (Å²) in [5.41, 5.74) is 0. The molecule has 2 N–H and O–H groups in total. The van der Waals surface area contributed by atoms with Crippen molar-refractivity contribution in [2.24, 2.45) is 0 Å². The first-order chi connectivity index (χ1) is 5.34. The van der Waals surface area contributed by atoms with Gasteiger partial charge in [0.1, 0.15) is 0 Å². The Morgan fingerprint density at radius 2 is 2.18 bits per heavy atom. The van der Waals surface area contributed by atoms with Crippen molar-refractivity contribution in [2.45, 2.75) is 0 Å². The summed E-state index contributed by atoms with van der Waals surface area (Å²) in [4.78, 5) is 5.13. The molecule has 0 radical (unpaired) electrons. The van der Waals surface area contributed by atoms with Crippen LogP contribution in [0.15, 0.2) is 0 Å². The molecular weight excluding hydrogens is 140 g/mol. The summed E-state index contributed by atoms with van der Waals surface area (Å²) in [6, 6.07) is 0. The number of nitrogens with zero attached hydrogens (tertiary/aromatic N) is 2. The smallest absolute Gasteiger partial charge is 0.270 e. The summed E-state index contributed by atoms with van der Waals surface area (Å²) in [5.74, 6) is 0.460. The molecule has 0 bridgehead atoms. The summed E-state index contributed by atoms with van der Waals surface area (Å²) in [5, 5.41) is 10.7. The largest absolute Gasteiger partial charge is 0.352 e. The maximum Gasteiger partial charge on any atom is 0.270 e. The van der Waals surface area contributed by atoms with E-state index in [0.29, 0.717) is 5.84 Å². The minimum absolute atomic E-state index is 0.222. The van der Waals surface area contributed by atoms with Gasteiger partial charge < -0.3 is 15.1 Å². The first kappa shape index (κ1) is 8.02. The van der Waals surface area contributed by atoms with E-state index in [2.05, 4.69) is 10.2 Å². The second-order valence-corrected chi connectivity index (χ2v) is 2.50. The standard InChI is InChI=1S/C7H12N4/c1-9-6-7(8)11-4-2-10-3-5-11/h8,10H,2-6H2. The van der Waals surface area contributed by atoms with Crippen molar-refractivity contribution in [3.63, 3.8) is 0 Å². The summed E-state index contributed by atoms with van der Waals surface area (Å²) < 4.78 is 0. The van der Waals surface area contributed by atoms with Crippen LogP contribution in [0.2, 0.25) is 0 Å². The van der Waals surface area contributed by atoms with E-state index < -0.39 is 0 Å². The normalized spacial score (nSPS) is 17.5. The Balaban J connectivity index is 2.34. The first-order valence-electron chi connectivity index (χ1n) is 3.71. The second-order valence-electron chi connectivity index (χ2n) is 2.50. The zero-order valence-corrected chi connectivity index (χ0v) is 6.43. The molecule has 11 heavy (non-hydrogen) atoms. The van der Waals surface area contributed by atoms with E-state index in [-0.39, 0.29) is 6.54 Å². The molecule has 4 nitrogen and oxygen atoms in total. The van der Waals surface area contributed by atoms with E-state index in [0.717, 1.165) is 26.2 Å². The topological polar surface area (TPSA) is 43.5 Å². The van der Waals surface area contributed by atoms with Gasteiger partial charge in [-0.2, -0.15) is 0 Å². The third-order valence-electron chi connectivity index (χ3n) is 1.73. The minimum atomic E-state index is 0.222. The number of hydrogen-bond acceptors (Lipinski definition) is 2. The molecule has 1 heterocycles. The Labute approximate surface area is 66.5 Å². The fourth-order valence-corrected chi connectivity index (χ4v) is 1.11. The van der Waals surface area contributed by atoms with Gasteiger partial charge in [0.05, 0.1) is 0 Å². The van der Waals surface area contributed by atoms with Gasteiger partial charge in [-0.05, 0) is 0 Å². The van der Waals surface area contributed by atoms with Crippen LogP contribution in [0.5, 0.6) is 0 Å². The van der Waals surface area contributed by atoms with E-state index in [9.17, 15) is 0 Å². The molecule has 0 aromatic carbocycles. The van der Waals surface area contributed by atoms with Gasteiger partial charge in [0.15, 0.2) is 5.84 Å². The lowest BCUT2D eigenvalue weighted by Gasteiger charge is -2.27. The van der Waals surface area contributed by atoms with E-state index in [1.807, 2.05) is 4.90 Å². The zero-order chi connectivity index (χ0) is 8.10. The molecule has 0 amide bonds. The average Bonchev–Trinajstić information content (AvgIpc) is 2.07. The summed E-state index contributed by atoms with van der Waals surface area (Å²) in [6.45, 7) is 10.4. The van der Waals surface area contributed by atoms with Crippen molar-refractivity contribution in [1.82, 2.24) is 10.2 Å². The van der Waals surface area contributed by atoms with Crippen molar-refractivity contribution in [3.8, 4) is 0 Å². The molecule has 0 aliphatic carbocycles. The number of amidine groups is 1. The molecule has 1 aliphatic heterocycles. The first-order valence-corrected chi connectivity index (χ1v) is 3.71. The van der Waals surface area contributed by atoms with Gasteiger partial charge in [0, 0.05) is 26.2 Å². The van der Waals surface area contributed by atoms with Crippen LogP contribution in [0.25, 0.3) is 4.85 Å². The van der Waals surface area contributed by atoms with Gasteiger partial charge in [-0.25, -0.2) is 6.57 Å². The Bertz CT molecular complexity index is 175. The molecule has 0 unspecified atom stereocenters. The number of rotatable bonds is 1. The van der Waals surface area contributed by atoms with Crippen LogP contribution in [-0.2, 0) is 0 Å². The predicted octanol–water partition coefficient (Wildman–Crippen LogP) is -0.212. The molecule has 1 saturated heterocycles. The highest BCUT2D eigenvalue weighted by Crippen LogP contribution is 1.93. The van der Waals surface area contributed by atoms with Crippen LogP contribution in [-0.4, -0.2) is 43.5 Å². The molecule has 0 saturated carbocycles. The van der Waals surface area contributed by atoms with Crippen LogP contribution < -0.4 is 5.32 Å². The van der Waals surface area contributed by atoms with E-state index in [1.54, 1.807) is 0 Å². The molecule has 1 fully saturated rings. The Kier molecular flexibility index (Phi) is 2.87. The lowest BCUT2D eigenvalue weighted by atomic mass is 10.3. The minimum Gasteiger partial charge on any atom is -0.352 e. The highest BCUT2D eigenvalue weighted by Gasteiger charge is 2.13. The van der Waals surface area contributed by atoms with Gasteiger partial charge in [-0.3, -0.25) is 5.41 Å². The van der Waals surface area contributed by atoms with Crippen LogP contribution >= 0.6 is 0 Å². The van der Waals surface area contributed by atoms with Crippen LogP contribution in [0.1, 0.15) is 0 Å². The molecule has 0 aromatic heterocycles. The van der Waals surface area contributed by atoms with Crippen LogP contribution in [0.3, 0.4) is 0 Å². The molecule has 1 aliphatic rings. The van der Waals surface area contributed by atoms with Gasteiger partial charge >= 0.3 is 0 Å². The van der Waals surface area contributed by atoms with E-state index >= 15 is 0 Å². The fraction of sp³-hybridized carbons (Fsp3) is 0.714. The third kappa shape index (κ3) is 2.20. The molecule has 0 atom stereocenters. The van der Waals surface area contributed by atoms with Gasteiger partial charge in [-0.1, -0.05) is 0 Å². The Morgan fingerprint density at radius 1 is 1.55 bits per heavy atom. The predicted molar refractivity (Wildman–Crippen MR) is 43.6 cm³/mol. The number of piperazine rings is 1. The molecule has 0 aromatic rings. The molecule has 1 rings (SSSR count). The molecule has 4 heteroatoms. The Hall–Kier alpha value is -1.08. The van der Waals surface area contributed by atoms with Crippen molar-refractivity contribution in [3.05, 3.63) is 11.4 Å². The van der Waals surface area contributed by atoms with Crippen LogP contribution in [0.4, 0.5) is 0 Å². The lowest BCUT2D eigenvalue weighted by Crippen LogP contribution is -2.46. The summed E-state index contributed by atoms with van der Waals surface area (Å²) in [6.07, 6.45) is 0. The van der Waals surface area contributed by atoms with Gasteiger partial charge in [0.25, 0.3) is 6.54 Å². The highest BCUT2D eigenvalue weighted by atomic mass is 15.2. The SMILES string of the molecule is [C-]#[N+]CC(=N)N1CCNCC1. The van der Waals surface area contributed by atoms with Crippen molar-refractivity contribution in [2.75, 3.05) is 32.7 Å². The molecule has 0 spiro atoms. The molecule has 60 valence electrons. The van der Waals surface area contributed by atoms with Crippen molar-refractivity contribution < 1.29 is 0 Å². The quantitative estimate of drug-likeness (QED) is 0.310. The summed E-state index contributed by atoms with van der Waals surface area (Å²) >= 11 is 0. The molecular formula is C7H12N4. The lowest BCUT2D eigenvalue weighted by molar-refractivity contribution is 0.353. The maximum atomic E-state index is 7.47. The Morgan fingerprint density at radius 3 is 2.73 bits per heavy atom.